The summed E-state index contributed by atoms with van der Waals surface area (Å²) in [5.74, 6) is -1.30. The highest BCUT2D eigenvalue weighted by molar-refractivity contribution is 7.20. The smallest absolute Gasteiger partial charge is 0.131 e. The molecule has 0 bridgehead atoms. The monoisotopic (exact) mass is 326 g/mol. The first-order valence-corrected chi connectivity index (χ1v) is 6.95. The summed E-state index contributed by atoms with van der Waals surface area (Å²) in [6, 6.07) is 3.79. The number of hydrogen-bond donors (Lipinski definition) is 0. The average Bonchev–Trinajstić information content (AvgIpc) is 2.62. The molecule has 2 aromatic rings. The van der Waals surface area contributed by atoms with Gasteiger partial charge in [-0.15, -0.1) is 22.9 Å². The highest BCUT2D eigenvalue weighted by Crippen LogP contribution is 2.41. The van der Waals surface area contributed by atoms with Crippen molar-refractivity contribution in [3.8, 4) is 0 Å². The molecular weight excluding hydrogens is 321 g/mol. The number of rotatable bonds is 2. The summed E-state index contributed by atoms with van der Waals surface area (Å²) in [6.45, 7) is 1.55. The summed E-state index contributed by atoms with van der Waals surface area (Å²) in [6.07, 6.45) is 0. The molecule has 1 heterocycles. The van der Waals surface area contributed by atoms with Gasteiger partial charge < -0.3 is 0 Å². The number of hydrogen-bond acceptors (Lipinski definition) is 1. The largest absolute Gasteiger partial charge is 0.207 e. The van der Waals surface area contributed by atoms with Crippen LogP contribution in [0.15, 0.2) is 18.2 Å². The van der Waals surface area contributed by atoms with E-state index in [0.717, 1.165) is 17.4 Å². The lowest BCUT2D eigenvalue weighted by Gasteiger charge is -2.11. The molecule has 18 heavy (non-hydrogen) atoms. The normalized spacial score (nSPS) is 12.8. The van der Waals surface area contributed by atoms with Gasteiger partial charge in [0.2, 0.25) is 0 Å². The lowest BCUT2D eigenvalue weighted by Crippen LogP contribution is -1.99. The number of benzene rings is 1. The van der Waals surface area contributed by atoms with Crippen LogP contribution in [0.5, 0.6) is 0 Å². The summed E-state index contributed by atoms with van der Waals surface area (Å²) >= 11 is 19.1. The molecule has 0 N–H and O–H groups in total. The van der Waals surface area contributed by atoms with Crippen LogP contribution in [-0.2, 0) is 0 Å². The first kappa shape index (κ1) is 14.1. The fourth-order valence-electron chi connectivity index (χ4n) is 1.57. The van der Waals surface area contributed by atoms with E-state index in [1.807, 2.05) is 0 Å². The van der Waals surface area contributed by atoms with E-state index in [1.165, 1.54) is 6.07 Å². The molecule has 6 heteroatoms. The second-order valence-electron chi connectivity index (χ2n) is 3.77. The molecule has 1 aromatic carbocycles. The van der Waals surface area contributed by atoms with E-state index in [0.29, 0.717) is 19.8 Å². The van der Waals surface area contributed by atoms with Gasteiger partial charge in [0.1, 0.15) is 11.6 Å². The molecule has 0 nitrogen and oxygen atoms in total. The lowest BCUT2D eigenvalue weighted by molar-refractivity contribution is 0.568. The van der Waals surface area contributed by atoms with E-state index < -0.39 is 17.0 Å². The van der Waals surface area contributed by atoms with E-state index in [1.54, 1.807) is 13.0 Å². The van der Waals surface area contributed by atoms with E-state index in [-0.39, 0.29) is 5.56 Å². The molecule has 0 radical (unpaired) electrons. The zero-order valence-corrected chi connectivity index (χ0v) is 12.2. The minimum atomic E-state index is -0.791. The molecule has 0 amide bonds. The van der Waals surface area contributed by atoms with Crippen LogP contribution in [0, 0.1) is 18.6 Å². The fourth-order valence-corrected chi connectivity index (χ4v) is 3.56. The van der Waals surface area contributed by atoms with Gasteiger partial charge in [0.05, 0.1) is 14.0 Å². The van der Waals surface area contributed by atoms with Gasteiger partial charge in [0, 0.05) is 17.2 Å². The van der Waals surface area contributed by atoms with Gasteiger partial charge in [-0.2, -0.15) is 0 Å². The molecule has 0 aliphatic rings. The number of halogens is 5. The second-order valence-corrected chi connectivity index (χ2v) is 6.49. The molecular formula is C12H7Cl3F2S. The molecule has 0 aliphatic heterocycles. The van der Waals surface area contributed by atoms with Crippen molar-refractivity contribution in [3.05, 3.63) is 55.2 Å². The van der Waals surface area contributed by atoms with Crippen LogP contribution >= 0.6 is 46.1 Å². The molecule has 0 saturated carbocycles. The molecule has 1 aromatic heterocycles. The first-order valence-electron chi connectivity index (χ1n) is 4.94. The maximum atomic E-state index is 13.7. The summed E-state index contributed by atoms with van der Waals surface area (Å²) in [4.78, 5) is 0. The van der Waals surface area contributed by atoms with Crippen molar-refractivity contribution in [2.75, 3.05) is 0 Å². The van der Waals surface area contributed by atoms with Crippen LogP contribution in [0.25, 0.3) is 0 Å². The lowest BCUT2D eigenvalue weighted by atomic mass is 10.0. The Hall–Kier alpha value is -0.350. The first-order chi connectivity index (χ1) is 8.40. The summed E-state index contributed by atoms with van der Waals surface area (Å²) < 4.78 is 27.8. The molecule has 1 atom stereocenters. The van der Waals surface area contributed by atoms with Gasteiger partial charge >= 0.3 is 0 Å². The Bertz CT molecular complexity index is 595. The zero-order valence-electron chi connectivity index (χ0n) is 9.11. The van der Waals surface area contributed by atoms with E-state index in [9.17, 15) is 8.78 Å². The van der Waals surface area contributed by atoms with Gasteiger partial charge in [-0.1, -0.05) is 23.2 Å². The molecule has 2 rings (SSSR count). The molecule has 0 aliphatic carbocycles. The molecule has 96 valence electrons. The van der Waals surface area contributed by atoms with Gasteiger partial charge in [-0.05, 0) is 24.6 Å². The minimum absolute atomic E-state index is 0.187. The number of alkyl halides is 1. The van der Waals surface area contributed by atoms with E-state index >= 15 is 0 Å². The van der Waals surface area contributed by atoms with Crippen molar-refractivity contribution in [1.29, 1.82) is 0 Å². The average molecular weight is 328 g/mol. The third-order valence-corrected chi connectivity index (χ3v) is 4.50. The van der Waals surface area contributed by atoms with Gasteiger partial charge in [0.15, 0.2) is 0 Å². The molecule has 1 unspecified atom stereocenters. The predicted molar refractivity (Wildman–Crippen MR) is 73.1 cm³/mol. The van der Waals surface area contributed by atoms with Crippen molar-refractivity contribution < 1.29 is 8.78 Å². The van der Waals surface area contributed by atoms with Crippen molar-refractivity contribution in [3.63, 3.8) is 0 Å². The number of thiophene rings is 1. The van der Waals surface area contributed by atoms with Gasteiger partial charge in [0.25, 0.3) is 0 Å². The Morgan fingerprint density at radius 3 is 2.28 bits per heavy atom. The Balaban J connectivity index is 2.49. The van der Waals surface area contributed by atoms with E-state index in [2.05, 4.69) is 0 Å². The highest BCUT2D eigenvalue weighted by Gasteiger charge is 2.21. The van der Waals surface area contributed by atoms with Gasteiger partial charge in [-0.25, -0.2) is 8.78 Å². The maximum Gasteiger partial charge on any atom is 0.131 e. The topological polar surface area (TPSA) is 0 Å². The van der Waals surface area contributed by atoms with Crippen LogP contribution in [0.3, 0.4) is 0 Å². The third-order valence-electron chi connectivity index (χ3n) is 2.51. The van der Waals surface area contributed by atoms with Crippen molar-refractivity contribution in [2.24, 2.45) is 0 Å². The molecule has 0 fully saturated rings. The summed E-state index contributed by atoms with van der Waals surface area (Å²) in [7, 11) is 0. The van der Waals surface area contributed by atoms with Crippen LogP contribution in [-0.4, -0.2) is 0 Å². The Kier molecular flexibility index (Phi) is 4.17. The summed E-state index contributed by atoms with van der Waals surface area (Å²) in [5.41, 5.74) is 1.04. The minimum Gasteiger partial charge on any atom is -0.207 e. The van der Waals surface area contributed by atoms with E-state index in [4.69, 9.17) is 34.8 Å². The van der Waals surface area contributed by atoms with Crippen LogP contribution in [0.2, 0.25) is 8.67 Å². The molecule has 0 spiro atoms. The third kappa shape index (κ3) is 2.64. The van der Waals surface area contributed by atoms with Crippen molar-refractivity contribution in [1.82, 2.24) is 0 Å². The van der Waals surface area contributed by atoms with Gasteiger partial charge in [-0.3, -0.25) is 0 Å². The standard InChI is InChI=1S/C12H7Cl3F2S/c1-5-2-6(9(17)4-8(5)16)11(14)7-3-10(13)18-12(7)15/h2-4,11H,1H3. The predicted octanol–water partition coefficient (Wildman–Crippen LogP) is 5.97. The van der Waals surface area contributed by atoms with Crippen LogP contribution in [0.4, 0.5) is 8.78 Å². The SMILES string of the molecule is Cc1cc(C(Cl)c2cc(Cl)sc2Cl)c(F)cc1F. The number of aryl methyl sites for hydroxylation is 1. The van der Waals surface area contributed by atoms with Crippen molar-refractivity contribution in [2.45, 2.75) is 12.3 Å². The van der Waals surface area contributed by atoms with Crippen molar-refractivity contribution >= 4 is 46.1 Å². The van der Waals surface area contributed by atoms with Crippen LogP contribution in [0.1, 0.15) is 22.1 Å². The molecule has 0 saturated heterocycles. The Morgan fingerprint density at radius 1 is 1.06 bits per heavy atom. The highest BCUT2D eigenvalue weighted by atomic mass is 35.5. The Morgan fingerprint density at radius 2 is 1.72 bits per heavy atom. The maximum absolute atomic E-state index is 13.7. The second kappa shape index (κ2) is 5.33. The van der Waals surface area contributed by atoms with Crippen LogP contribution < -0.4 is 0 Å². The zero-order chi connectivity index (χ0) is 13.4. The Labute approximate surface area is 122 Å². The quantitative estimate of drug-likeness (QED) is 0.596. The summed E-state index contributed by atoms with van der Waals surface area (Å²) in [5, 5.41) is -0.791. The fraction of sp³-hybridized carbons (Fsp3) is 0.167.